The van der Waals surface area contributed by atoms with Crippen LogP contribution in [0, 0.1) is 11.3 Å². The lowest BCUT2D eigenvalue weighted by Crippen LogP contribution is -2.04. The number of hydrogen-bond acceptors (Lipinski definition) is 5. The second kappa shape index (κ2) is 7.14. The Kier molecular flexibility index (Phi) is 4.38. The number of hydrogen-bond donors (Lipinski definition) is 2. The van der Waals surface area contributed by atoms with Crippen LogP contribution in [0.2, 0.25) is 0 Å². The van der Waals surface area contributed by atoms with Gasteiger partial charge in [-0.1, -0.05) is 42.5 Å². The predicted octanol–water partition coefficient (Wildman–Crippen LogP) is 4.49. The van der Waals surface area contributed by atoms with Gasteiger partial charge >= 0.3 is 0 Å². The van der Waals surface area contributed by atoms with Gasteiger partial charge in [-0.3, -0.25) is 0 Å². The van der Waals surface area contributed by atoms with Gasteiger partial charge in [-0.25, -0.2) is 9.97 Å². The Labute approximate surface area is 156 Å². The predicted molar refractivity (Wildman–Crippen MR) is 105 cm³/mol. The van der Waals surface area contributed by atoms with Gasteiger partial charge in [-0.05, 0) is 35.9 Å². The number of phenolic OH excluding ortho intramolecular Hbond substituents is 1. The smallest absolute Gasteiger partial charge is 0.165 e. The van der Waals surface area contributed by atoms with Gasteiger partial charge in [-0.15, -0.1) is 0 Å². The summed E-state index contributed by atoms with van der Waals surface area (Å²) in [6, 6.07) is 24.5. The van der Waals surface area contributed by atoms with E-state index in [1.54, 1.807) is 12.1 Å². The molecule has 0 radical (unpaired) electrons. The van der Waals surface area contributed by atoms with Crippen molar-refractivity contribution in [3.8, 4) is 23.2 Å². The Hall–Kier alpha value is -3.91. The number of fused-ring (bicyclic) bond motifs is 1. The van der Waals surface area contributed by atoms with Gasteiger partial charge in [-0.2, -0.15) is 5.26 Å². The van der Waals surface area contributed by atoms with E-state index in [1.165, 1.54) is 6.07 Å². The van der Waals surface area contributed by atoms with Gasteiger partial charge in [0, 0.05) is 11.9 Å². The van der Waals surface area contributed by atoms with Crippen LogP contribution in [-0.2, 0) is 6.54 Å². The maximum Gasteiger partial charge on any atom is 0.165 e. The van der Waals surface area contributed by atoms with Crippen LogP contribution in [0.1, 0.15) is 11.1 Å². The van der Waals surface area contributed by atoms with Crippen LogP contribution in [0.5, 0.6) is 5.75 Å². The normalized spacial score (nSPS) is 10.5. The van der Waals surface area contributed by atoms with Crippen LogP contribution in [0.15, 0.2) is 72.8 Å². The highest BCUT2D eigenvalue weighted by Crippen LogP contribution is 2.31. The Morgan fingerprint density at radius 1 is 0.926 bits per heavy atom. The van der Waals surface area contributed by atoms with Crippen molar-refractivity contribution in [1.29, 1.82) is 5.26 Å². The molecule has 0 saturated carbocycles. The molecular weight excluding hydrogens is 336 g/mol. The molecule has 0 fully saturated rings. The lowest BCUT2D eigenvalue weighted by molar-refractivity contribution is 0.477. The zero-order valence-electron chi connectivity index (χ0n) is 14.4. The SMILES string of the molecule is N#Cc1ccc(O)c(-c2nc(NCc3ccccc3)c3ccccc3n2)c1. The first-order chi connectivity index (χ1) is 13.2. The van der Waals surface area contributed by atoms with Crippen molar-refractivity contribution in [1.82, 2.24) is 9.97 Å². The van der Waals surface area contributed by atoms with E-state index in [0.717, 1.165) is 16.5 Å². The molecule has 0 aliphatic heterocycles. The number of benzene rings is 3. The third kappa shape index (κ3) is 3.42. The molecule has 2 N–H and O–H groups in total. The number of anilines is 1. The van der Waals surface area contributed by atoms with Crippen molar-refractivity contribution in [2.75, 3.05) is 5.32 Å². The molecule has 0 aliphatic rings. The van der Waals surface area contributed by atoms with Gasteiger partial charge in [0.25, 0.3) is 0 Å². The minimum atomic E-state index is 0.0401. The van der Waals surface area contributed by atoms with Crippen molar-refractivity contribution in [3.05, 3.63) is 83.9 Å². The molecule has 130 valence electrons. The van der Waals surface area contributed by atoms with Crippen molar-refractivity contribution >= 4 is 16.7 Å². The Bertz CT molecular complexity index is 1150. The second-order valence-electron chi connectivity index (χ2n) is 6.10. The second-order valence-corrected chi connectivity index (χ2v) is 6.10. The first kappa shape index (κ1) is 16.6. The molecule has 0 spiro atoms. The summed E-state index contributed by atoms with van der Waals surface area (Å²) < 4.78 is 0. The van der Waals surface area contributed by atoms with E-state index in [4.69, 9.17) is 5.26 Å². The molecule has 5 nitrogen and oxygen atoms in total. The third-order valence-electron chi connectivity index (χ3n) is 4.27. The minimum absolute atomic E-state index is 0.0401. The van der Waals surface area contributed by atoms with Crippen molar-refractivity contribution in [2.24, 2.45) is 0 Å². The molecule has 27 heavy (non-hydrogen) atoms. The van der Waals surface area contributed by atoms with Crippen LogP contribution in [0.25, 0.3) is 22.3 Å². The van der Waals surface area contributed by atoms with Crippen molar-refractivity contribution < 1.29 is 5.11 Å². The number of aromatic nitrogens is 2. The summed E-state index contributed by atoms with van der Waals surface area (Å²) in [5, 5.41) is 23.7. The molecule has 0 atom stereocenters. The monoisotopic (exact) mass is 352 g/mol. The topological polar surface area (TPSA) is 81.8 Å². The molecule has 4 aromatic rings. The molecule has 0 bridgehead atoms. The van der Waals surface area contributed by atoms with Crippen LogP contribution < -0.4 is 5.32 Å². The van der Waals surface area contributed by atoms with Gasteiger partial charge in [0.15, 0.2) is 5.82 Å². The summed E-state index contributed by atoms with van der Waals surface area (Å²) in [4.78, 5) is 9.21. The van der Waals surface area contributed by atoms with Crippen LogP contribution in [0.3, 0.4) is 0 Å². The number of para-hydroxylation sites is 1. The van der Waals surface area contributed by atoms with Gasteiger partial charge in [0.1, 0.15) is 11.6 Å². The summed E-state index contributed by atoms with van der Waals surface area (Å²) in [5.41, 5.74) is 2.77. The van der Waals surface area contributed by atoms with E-state index < -0.39 is 0 Å². The fourth-order valence-electron chi connectivity index (χ4n) is 2.90. The van der Waals surface area contributed by atoms with Crippen LogP contribution in [0.4, 0.5) is 5.82 Å². The first-order valence-electron chi connectivity index (χ1n) is 8.52. The summed E-state index contributed by atoms with van der Waals surface area (Å²) in [6.45, 7) is 0.617. The molecular formula is C22H16N4O. The number of aromatic hydroxyl groups is 1. The van der Waals surface area contributed by atoms with E-state index in [0.29, 0.717) is 29.3 Å². The molecule has 0 unspecified atom stereocenters. The average molecular weight is 352 g/mol. The summed E-state index contributed by atoms with van der Waals surface area (Å²) in [6.07, 6.45) is 0. The highest BCUT2D eigenvalue weighted by atomic mass is 16.3. The lowest BCUT2D eigenvalue weighted by atomic mass is 10.1. The maximum absolute atomic E-state index is 10.2. The minimum Gasteiger partial charge on any atom is -0.507 e. The van der Waals surface area contributed by atoms with Crippen molar-refractivity contribution in [3.63, 3.8) is 0 Å². The van der Waals surface area contributed by atoms with E-state index in [1.807, 2.05) is 54.6 Å². The van der Waals surface area contributed by atoms with Gasteiger partial charge in [0.05, 0.1) is 22.7 Å². The zero-order valence-corrected chi connectivity index (χ0v) is 14.4. The maximum atomic E-state index is 10.2. The molecule has 1 heterocycles. The van der Waals surface area contributed by atoms with E-state index >= 15 is 0 Å². The number of rotatable bonds is 4. The van der Waals surface area contributed by atoms with Crippen LogP contribution in [-0.4, -0.2) is 15.1 Å². The molecule has 0 amide bonds. The Balaban J connectivity index is 1.80. The van der Waals surface area contributed by atoms with E-state index in [2.05, 4.69) is 21.4 Å². The first-order valence-corrected chi connectivity index (χ1v) is 8.52. The number of phenols is 1. The Morgan fingerprint density at radius 2 is 1.70 bits per heavy atom. The third-order valence-corrected chi connectivity index (χ3v) is 4.27. The molecule has 4 rings (SSSR count). The fraction of sp³-hybridized carbons (Fsp3) is 0.0455. The number of nitriles is 1. The zero-order chi connectivity index (χ0) is 18.6. The van der Waals surface area contributed by atoms with Crippen LogP contribution >= 0.6 is 0 Å². The van der Waals surface area contributed by atoms with Gasteiger partial charge < -0.3 is 10.4 Å². The quantitative estimate of drug-likeness (QED) is 0.566. The van der Waals surface area contributed by atoms with E-state index in [-0.39, 0.29) is 5.75 Å². The fourth-order valence-corrected chi connectivity index (χ4v) is 2.90. The van der Waals surface area contributed by atoms with E-state index in [9.17, 15) is 5.11 Å². The largest absolute Gasteiger partial charge is 0.507 e. The molecule has 0 aliphatic carbocycles. The lowest BCUT2D eigenvalue weighted by Gasteiger charge is -2.12. The number of nitrogens with zero attached hydrogens (tertiary/aromatic N) is 3. The van der Waals surface area contributed by atoms with Crippen molar-refractivity contribution in [2.45, 2.75) is 6.54 Å². The summed E-state index contributed by atoms with van der Waals surface area (Å²) in [7, 11) is 0. The number of nitrogens with one attached hydrogen (secondary N) is 1. The van der Waals surface area contributed by atoms with Gasteiger partial charge in [0.2, 0.25) is 0 Å². The highest BCUT2D eigenvalue weighted by molar-refractivity contribution is 5.91. The standard InChI is InChI=1S/C22H16N4O/c23-13-16-10-11-20(27)18(12-16)22-25-19-9-5-4-8-17(19)21(26-22)24-14-15-6-2-1-3-7-15/h1-12,27H,14H2,(H,24,25,26). The molecule has 5 heteroatoms. The molecule has 0 saturated heterocycles. The summed E-state index contributed by atoms with van der Waals surface area (Å²) in [5.74, 6) is 1.10. The molecule has 3 aromatic carbocycles. The highest BCUT2D eigenvalue weighted by Gasteiger charge is 2.13. The Morgan fingerprint density at radius 3 is 2.52 bits per heavy atom. The molecule has 1 aromatic heterocycles. The summed E-state index contributed by atoms with van der Waals surface area (Å²) >= 11 is 0. The average Bonchev–Trinajstić information content (AvgIpc) is 2.73.